The predicted molar refractivity (Wildman–Crippen MR) is 114 cm³/mol. The number of carbonyl (C=O) groups excluding carboxylic acids is 1. The summed E-state index contributed by atoms with van der Waals surface area (Å²) in [5.41, 5.74) is 0. The Morgan fingerprint density at radius 2 is 1.77 bits per heavy atom. The first-order chi connectivity index (χ1) is 14.3. The number of thiophene rings is 1. The molecule has 6 nitrogen and oxygen atoms in total. The van der Waals surface area contributed by atoms with E-state index in [2.05, 4.69) is 4.90 Å². The maximum absolute atomic E-state index is 13.2. The quantitative estimate of drug-likeness (QED) is 0.672. The Labute approximate surface area is 184 Å². The van der Waals surface area contributed by atoms with E-state index in [1.807, 2.05) is 12.1 Å². The van der Waals surface area contributed by atoms with Gasteiger partial charge in [-0.15, -0.1) is 11.3 Å². The third-order valence-corrected chi connectivity index (χ3v) is 8.74. The first kappa shape index (κ1) is 21.7. The Balaban J connectivity index is 1.40. The summed E-state index contributed by atoms with van der Waals surface area (Å²) >= 11 is 7.55. The molecule has 0 spiro atoms. The number of amides is 1. The number of sulfonamides is 1. The minimum Gasteiger partial charge on any atom is -0.339 e. The van der Waals surface area contributed by atoms with Crippen LogP contribution in [0.3, 0.4) is 0 Å². The number of piperazine rings is 1. The Bertz CT molecular complexity index is 1000. The minimum atomic E-state index is -3.84. The number of hydrogen-bond donors (Lipinski definition) is 0. The molecule has 162 valence electrons. The second kappa shape index (κ2) is 8.92. The Morgan fingerprint density at radius 3 is 2.40 bits per heavy atom. The van der Waals surface area contributed by atoms with Gasteiger partial charge in [-0.3, -0.25) is 9.69 Å². The van der Waals surface area contributed by atoms with Gasteiger partial charge in [0.1, 0.15) is 11.9 Å². The van der Waals surface area contributed by atoms with Crippen molar-refractivity contribution in [3.8, 4) is 0 Å². The molecule has 1 amide bonds. The van der Waals surface area contributed by atoms with Crippen molar-refractivity contribution in [1.82, 2.24) is 14.1 Å². The molecule has 10 heteroatoms. The van der Waals surface area contributed by atoms with E-state index in [0.29, 0.717) is 32.5 Å². The van der Waals surface area contributed by atoms with Gasteiger partial charge < -0.3 is 4.90 Å². The van der Waals surface area contributed by atoms with Crippen LogP contribution >= 0.6 is 22.9 Å². The van der Waals surface area contributed by atoms with Crippen LogP contribution in [-0.4, -0.2) is 67.2 Å². The summed E-state index contributed by atoms with van der Waals surface area (Å²) in [6.07, 6.45) is 1.14. The molecule has 2 aromatic rings. The van der Waals surface area contributed by atoms with E-state index in [-0.39, 0.29) is 10.8 Å². The van der Waals surface area contributed by atoms with Gasteiger partial charge in [0.2, 0.25) is 15.9 Å². The molecule has 1 atom stereocenters. The van der Waals surface area contributed by atoms with E-state index in [1.165, 1.54) is 21.3 Å². The number of rotatable bonds is 5. The summed E-state index contributed by atoms with van der Waals surface area (Å²) in [5, 5.41) is 0. The van der Waals surface area contributed by atoms with Crippen LogP contribution in [0.2, 0.25) is 4.34 Å². The highest BCUT2D eigenvalue weighted by atomic mass is 35.5. The first-order valence-corrected chi connectivity index (χ1v) is 12.5. The second-order valence-electron chi connectivity index (χ2n) is 7.53. The van der Waals surface area contributed by atoms with Crippen molar-refractivity contribution >= 4 is 38.9 Å². The van der Waals surface area contributed by atoms with Gasteiger partial charge in [0, 0.05) is 44.1 Å². The topological polar surface area (TPSA) is 60.9 Å². The lowest BCUT2D eigenvalue weighted by Gasteiger charge is -2.37. The van der Waals surface area contributed by atoms with Crippen molar-refractivity contribution in [2.45, 2.75) is 30.3 Å². The zero-order chi connectivity index (χ0) is 21.3. The van der Waals surface area contributed by atoms with Gasteiger partial charge in [0.25, 0.3) is 0 Å². The lowest BCUT2D eigenvalue weighted by molar-refractivity contribution is -0.136. The molecule has 4 rings (SSSR count). The SMILES string of the molecule is O=C(C1CCCN1S(=O)(=O)c1ccc(F)cc1)N1CCN(Cc2ccc(Cl)s2)CC1. The van der Waals surface area contributed by atoms with Gasteiger partial charge in [-0.05, 0) is 49.2 Å². The summed E-state index contributed by atoms with van der Waals surface area (Å²) in [7, 11) is -3.84. The van der Waals surface area contributed by atoms with Crippen molar-refractivity contribution in [3.63, 3.8) is 0 Å². The van der Waals surface area contributed by atoms with Crippen LogP contribution in [0.15, 0.2) is 41.3 Å². The van der Waals surface area contributed by atoms with Gasteiger partial charge in [0.15, 0.2) is 0 Å². The smallest absolute Gasteiger partial charge is 0.243 e. The van der Waals surface area contributed by atoms with E-state index in [9.17, 15) is 17.6 Å². The van der Waals surface area contributed by atoms with Crippen molar-refractivity contribution in [3.05, 3.63) is 51.4 Å². The highest BCUT2D eigenvalue weighted by Gasteiger charge is 2.41. The van der Waals surface area contributed by atoms with Gasteiger partial charge in [-0.1, -0.05) is 11.6 Å². The maximum atomic E-state index is 13.2. The molecule has 1 aromatic carbocycles. The van der Waals surface area contributed by atoms with Crippen LogP contribution in [-0.2, 0) is 21.4 Å². The maximum Gasteiger partial charge on any atom is 0.243 e. The van der Waals surface area contributed by atoms with Crippen molar-refractivity contribution in [1.29, 1.82) is 0 Å². The molecule has 0 saturated carbocycles. The standard InChI is InChI=1S/C20H23ClFN3O3S2/c21-19-8-5-16(29-19)14-23-10-12-24(13-11-23)20(26)18-2-1-9-25(18)30(27,28)17-6-3-15(22)4-7-17/h3-8,18H,1-2,9-14H2. The van der Waals surface area contributed by atoms with Gasteiger partial charge in [-0.2, -0.15) is 4.31 Å². The van der Waals surface area contributed by atoms with E-state index >= 15 is 0 Å². The lowest BCUT2D eigenvalue weighted by atomic mass is 10.2. The number of nitrogens with zero attached hydrogens (tertiary/aromatic N) is 3. The summed E-state index contributed by atoms with van der Waals surface area (Å²) < 4.78 is 41.3. The fourth-order valence-electron chi connectivity index (χ4n) is 4.01. The average Bonchev–Trinajstić information content (AvgIpc) is 3.38. The van der Waals surface area contributed by atoms with Crippen molar-refractivity contribution in [2.75, 3.05) is 32.7 Å². The van der Waals surface area contributed by atoms with E-state index in [1.54, 1.807) is 16.2 Å². The molecule has 2 aliphatic rings. The van der Waals surface area contributed by atoms with Crippen LogP contribution in [0.4, 0.5) is 4.39 Å². The van der Waals surface area contributed by atoms with Crippen molar-refractivity contribution < 1.29 is 17.6 Å². The molecule has 3 heterocycles. The summed E-state index contributed by atoms with van der Waals surface area (Å²) in [6, 6.07) is 7.96. The summed E-state index contributed by atoms with van der Waals surface area (Å²) in [5.74, 6) is -0.636. The zero-order valence-electron chi connectivity index (χ0n) is 16.3. The molecule has 0 aliphatic carbocycles. The third kappa shape index (κ3) is 4.55. The average molecular weight is 472 g/mol. The monoisotopic (exact) mass is 471 g/mol. The summed E-state index contributed by atoms with van der Waals surface area (Å²) in [6.45, 7) is 3.71. The Morgan fingerprint density at radius 1 is 1.07 bits per heavy atom. The normalized spacial score (nSPS) is 21.3. The van der Waals surface area contributed by atoms with Crippen LogP contribution in [0.5, 0.6) is 0 Å². The Kier molecular flexibility index (Phi) is 6.45. The molecule has 1 aromatic heterocycles. The van der Waals surface area contributed by atoms with Crippen LogP contribution in [0.1, 0.15) is 17.7 Å². The molecule has 30 heavy (non-hydrogen) atoms. The molecule has 2 aliphatic heterocycles. The molecule has 0 bridgehead atoms. The fourth-order valence-corrected chi connectivity index (χ4v) is 6.79. The molecule has 0 N–H and O–H groups in total. The second-order valence-corrected chi connectivity index (χ2v) is 11.2. The predicted octanol–water partition coefficient (Wildman–Crippen LogP) is 3.04. The number of benzene rings is 1. The van der Waals surface area contributed by atoms with Crippen LogP contribution in [0, 0.1) is 5.82 Å². The molecule has 2 saturated heterocycles. The molecule has 2 fully saturated rings. The lowest BCUT2D eigenvalue weighted by Crippen LogP contribution is -2.54. The van der Waals surface area contributed by atoms with E-state index in [4.69, 9.17) is 11.6 Å². The van der Waals surface area contributed by atoms with Crippen LogP contribution < -0.4 is 0 Å². The summed E-state index contributed by atoms with van der Waals surface area (Å²) in [4.78, 5) is 18.4. The zero-order valence-corrected chi connectivity index (χ0v) is 18.7. The molecular weight excluding hydrogens is 449 g/mol. The minimum absolute atomic E-state index is 0.0167. The van der Waals surface area contributed by atoms with Crippen molar-refractivity contribution in [2.24, 2.45) is 0 Å². The largest absolute Gasteiger partial charge is 0.339 e. The van der Waals surface area contributed by atoms with Crippen LogP contribution in [0.25, 0.3) is 0 Å². The highest BCUT2D eigenvalue weighted by molar-refractivity contribution is 7.89. The first-order valence-electron chi connectivity index (χ1n) is 9.87. The number of halogens is 2. The molecule has 0 radical (unpaired) electrons. The van der Waals surface area contributed by atoms with E-state index < -0.39 is 21.9 Å². The van der Waals surface area contributed by atoms with Gasteiger partial charge in [-0.25, -0.2) is 12.8 Å². The Hall–Kier alpha value is -1.52. The van der Waals surface area contributed by atoms with Gasteiger partial charge in [0.05, 0.1) is 9.23 Å². The van der Waals surface area contributed by atoms with E-state index in [0.717, 1.165) is 36.1 Å². The molecular formula is C20H23ClFN3O3S2. The third-order valence-electron chi connectivity index (χ3n) is 5.60. The number of hydrogen-bond acceptors (Lipinski definition) is 5. The fraction of sp³-hybridized carbons (Fsp3) is 0.450. The molecule has 1 unspecified atom stereocenters. The van der Waals surface area contributed by atoms with Gasteiger partial charge >= 0.3 is 0 Å². The number of carbonyl (C=O) groups is 1. The highest BCUT2D eigenvalue weighted by Crippen LogP contribution is 2.28.